The summed E-state index contributed by atoms with van der Waals surface area (Å²) in [6.07, 6.45) is 3.72. The molecule has 2 aromatic carbocycles. The van der Waals surface area contributed by atoms with Gasteiger partial charge in [-0.25, -0.2) is 4.98 Å². The van der Waals surface area contributed by atoms with Crippen molar-refractivity contribution in [2.24, 2.45) is 0 Å². The number of aryl methyl sites for hydroxylation is 2. The van der Waals surface area contributed by atoms with Crippen molar-refractivity contribution in [1.29, 1.82) is 5.26 Å². The first kappa shape index (κ1) is 24.0. The molecule has 0 saturated carbocycles. The number of hydrogen-bond acceptors (Lipinski definition) is 8. The van der Waals surface area contributed by atoms with E-state index in [1.807, 2.05) is 48.9 Å². The number of aromatic nitrogens is 4. The van der Waals surface area contributed by atoms with Gasteiger partial charge in [-0.3, -0.25) is 15.1 Å². The van der Waals surface area contributed by atoms with E-state index >= 15 is 0 Å². The number of carbonyl (C=O) groups excluding carboxylic acids is 1. The largest absolute Gasteiger partial charge is 0.466 e. The third kappa shape index (κ3) is 4.27. The van der Waals surface area contributed by atoms with Crippen molar-refractivity contribution >= 4 is 33.9 Å². The van der Waals surface area contributed by atoms with Crippen LogP contribution in [0.3, 0.4) is 0 Å². The van der Waals surface area contributed by atoms with Gasteiger partial charge >= 0.3 is 5.97 Å². The summed E-state index contributed by atoms with van der Waals surface area (Å²) >= 11 is 0. The Kier molecular flexibility index (Phi) is 6.32. The molecule has 9 nitrogen and oxygen atoms in total. The van der Waals surface area contributed by atoms with Crippen molar-refractivity contribution in [2.75, 3.05) is 11.9 Å². The summed E-state index contributed by atoms with van der Waals surface area (Å²) in [6, 6.07) is 14.0. The molecule has 5 aromatic rings. The minimum Gasteiger partial charge on any atom is -0.466 e. The molecule has 0 aliphatic rings. The van der Waals surface area contributed by atoms with Gasteiger partial charge in [0, 0.05) is 10.9 Å². The highest BCUT2D eigenvalue weighted by atomic mass is 16.5. The zero-order chi connectivity index (χ0) is 26.1. The van der Waals surface area contributed by atoms with E-state index in [0.29, 0.717) is 29.5 Å². The van der Waals surface area contributed by atoms with Crippen molar-refractivity contribution in [1.82, 2.24) is 19.7 Å². The molecular formula is C28H26N6O3. The average Bonchev–Trinajstić information content (AvgIpc) is 3.44. The van der Waals surface area contributed by atoms with E-state index in [-0.39, 0.29) is 18.4 Å². The summed E-state index contributed by atoms with van der Waals surface area (Å²) in [5.74, 6) is 0.550. The molecule has 1 atom stereocenters. The third-order valence-electron chi connectivity index (χ3n) is 6.51. The number of anilines is 1. The van der Waals surface area contributed by atoms with Crippen LogP contribution in [0.15, 0.2) is 53.2 Å². The molecule has 5 rings (SSSR count). The van der Waals surface area contributed by atoms with Crippen molar-refractivity contribution in [3.05, 3.63) is 71.2 Å². The number of hydrogen-bond donors (Lipinski definition) is 1. The van der Waals surface area contributed by atoms with Crippen LogP contribution in [0.4, 0.5) is 5.95 Å². The van der Waals surface area contributed by atoms with Gasteiger partial charge in [-0.1, -0.05) is 35.5 Å². The number of ether oxygens (including phenoxy) is 1. The molecule has 9 heteroatoms. The molecule has 0 aliphatic heterocycles. The standard InChI is InChI=1S/C28H26N6O3/c1-5-36-25(35)13-24-26(17(3)33-37-24)20-12-22-21(11-16(20)2)27-23(14-30-22)32-28(31-15-29)34(27)18(4)19-9-7-6-8-10-19/h6-12,14,18H,5,13H2,1-4H3,(H,31,32)/t18-/m1/s1. The van der Waals surface area contributed by atoms with E-state index in [0.717, 1.165) is 38.7 Å². The highest BCUT2D eigenvalue weighted by Gasteiger charge is 2.23. The Bertz CT molecular complexity index is 1660. The van der Waals surface area contributed by atoms with Crippen LogP contribution in [0.2, 0.25) is 0 Å². The fourth-order valence-electron chi connectivity index (χ4n) is 4.82. The Morgan fingerprint density at radius 2 is 2.00 bits per heavy atom. The Balaban J connectivity index is 1.71. The number of benzene rings is 2. The Morgan fingerprint density at radius 3 is 2.73 bits per heavy atom. The predicted octanol–water partition coefficient (Wildman–Crippen LogP) is 5.46. The molecule has 3 heterocycles. The van der Waals surface area contributed by atoms with Crippen LogP contribution >= 0.6 is 0 Å². The smallest absolute Gasteiger partial charge is 0.313 e. The molecule has 0 saturated heterocycles. The lowest BCUT2D eigenvalue weighted by Gasteiger charge is -2.18. The van der Waals surface area contributed by atoms with Crippen LogP contribution in [0.25, 0.3) is 33.1 Å². The minimum atomic E-state index is -0.366. The molecule has 3 aromatic heterocycles. The SMILES string of the molecule is CCOC(=O)Cc1onc(C)c1-c1cc2ncc3nc(NC#N)n([C@H](C)c4ccccc4)c3c2cc1C. The van der Waals surface area contributed by atoms with Gasteiger partial charge < -0.3 is 13.8 Å². The fraction of sp³-hybridized carbons (Fsp3) is 0.250. The molecule has 0 bridgehead atoms. The predicted molar refractivity (Wildman–Crippen MR) is 140 cm³/mol. The summed E-state index contributed by atoms with van der Waals surface area (Å²) in [4.78, 5) is 21.5. The van der Waals surface area contributed by atoms with Crippen molar-refractivity contribution in [3.63, 3.8) is 0 Å². The fourth-order valence-corrected chi connectivity index (χ4v) is 4.82. The topological polar surface area (TPSA) is 119 Å². The molecule has 0 amide bonds. The van der Waals surface area contributed by atoms with Crippen LogP contribution < -0.4 is 5.32 Å². The summed E-state index contributed by atoms with van der Waals surface area (Å²) < 4.78 is 12.7. The van der Waals surface area contributed by atoms with Gasteiger partial charge in [-0.15, -0.1) is 0 Å². The van der Waals surface area contributed by atoms with Crippen LogP contribution in [-0.4, -0.2) is 32.3 Å². The highest BCUT2D eigenvalue weighted by Crippen LogP contribution is 2.37. The normalized spacial score (nSPS) is 12.0. The lowest BCUT2D eigenvalue weighted by atomic mass is 9.95. The number of rotatable bonds is 7. The van der Waals surface area contributed by atoms with E-state index in [2.05, 4.69) is 45.6 Å². The number of nitriles is 1. The van der Waals surface area contributed by atoms with Crippen LogP contribution in [-0.2, 0) is 16.0 Å². The molecule has 37 heavy (non-hydrogen) atoms. The molecular weight excluding hydrogens is 468 g/mol. The van der Waals surface area contributed by atoms with Gasteiger partial charge in [0.15, 0.2) is 12.0 Å². The lowest BCUT2D eigenvalue weighted by Crippen LogP contribution is -2.10. The van der Waals surface area contributed by atoms with Crippen LogP contribution in [0.1, 0.15) is 42.5 Å². The van der Waals surface area contributed by atoms with E-state index < -0.39 is 0 Å². The molecule has 0 aliphatic carbocycles. The summed E-state index contributed by atoms with van der Waals surface area (Å²) in [5, 5.41) is 17.1. The molecule has 186 valence electrons. The Labute approximate surface area is 213 Å². The zero-order valence-corrected chi connectivity index (χ0v) is 21.1. The van der Waals surface area contributed by atoms with Crippen molar-refractivity contribution in [3.8, 4) is 17.3 Å². The summed E-state index contributed by atoms with van der Waals surface area (Å²) in [5.41, 5.74) is 6.71. The maximum Gasteiger partial charge on any atom is 0.313 e. The van der Waals surface area contributed by atoms with Gasteiger partial charge in [0.1, 0.15) is 11.9 Å². The Morgan fingerprint density at radius 1 is 1.22 bits per heavy atom. The molecule has 0 radical (unpaired) electrons. The average molecular weight is 495 g/mol. The second-order valence-corrected chi connectivity index (χ2v) is 8.85. The van der Waals surface area contributed by atoms with E-state index in [9.17, 15) is 10.1 Å². The third-order valence-corrected chi connectivity index (χ3v) is 6.51. The van der Waals surface area contributed by atoms with Gasteiger partial charge in [-0.05, 0) is 56.5 Å². The van der Waals surface area contributed by atoms with Crippen molar-refractivity contribution < 1.29 is 14.1 Å². The van der Waals surface area contributed by atoms with Crippen molar-refractivity contribution in [2.45, 2.75) is 40.2 Å². The first-order valence-corrected chi connectivity index (χ1v) is 12.0. The van der Waals surface area contributed by atoms with E-state index in [4.69, 9.17) is 9.26 Å². The first-order valence-electron chi connectivity index (χ1n) is 12.0. The van der Waals surface area contributed by atoms with Crippen LogP contribution in [0.5, 0.6) is 0 Å². The second-order valence-electron chi connectivity index (χ2n) is 8.85. The van der Waals surface area contributed by atoms with Gasteiger partial charge in [0.05, 0.1) is 35.6 Å². The van der Waals surface area contributed by atoms with Gasteiger partial charge in [-0.2, -0.15) is 5.26 Å². The number of pyridine rings is 1. The number of carbonyl (C=O) groups is 1. The van der Waals surface area contributed by atoms with E-state index in [1.165, 1.54) is 0 Å². The minimum absolute atomic E-state index is 0.00148. The molecule has 0 spiro atoms. The zero-order valence-electron chi connectivity index (χ0n) is 21.1. The second kappa shape index (κ2) is 9.74. The molecule has 1 N–H and O–H groups in total. The number of imidazole rings is 1. The lowest BCUT2D eigenvalue weighted by molar-refractivity contribution is -0.142. The first-order chi connectivity index (χ1) is 17.9. The molecule has 0 fully saturated rings. The summed E-state index contributed by atoms with van der Waals surface area (Å²) in [7, 11) is 0. The van der Waals surface area contributed by atoms with E-state index in [1.54, 1.807) is 13.1 Å². The maximum absolute atomic E-state index is 12.2. The Hall–Kier alpha value is -4.71. The van der Waals surface area contributed by atoms with Gasteiger partial charge in [0.2, 0.25) is 5.95 Å². The van der Waals surface area contributed by atoms with Gasteiger partial charge in [0.25, 0.3) is 0 Å². The quantitative estimate of drug-likeness (QED) is 0.180. The number of nitrogens with one attached hydrogen (secondary N) is 1. The molecule has 0 unspecified atom stereocenters. The number of fused-ring (bicyclic) bond motifs is 3. The number of nitrogens with zero attached hydrogens (tertiary/aromatic N) is 5. The van der Waals surface area contributed by atoms with Crippen LogP contribution in [0, 0.1) is 25.3 Å². The number of esters is 1. The monoisotopic (exact) mass is 494 g/mol. The maximum atomic E-state index is 12.2. The summed E-state index contributed by atoms with van der Waals surface area (Å²) in [6.45, 7) is 8.00. The highest BCUT2D eigenvalue weighted by molar-refractivity contribution is 6.05.